The number of carbonyl (C=O) groups is 1. The zero-order valence-corrected chi connectivity index (χ0v) is 11.8. The maximum absolute atomic E-state index is 11.1. The van der Waals surface area contributed by atoms with E-state index in [1.165, 1.54) is 5.56 Å². The summed E-state index contributed by atoms with van der Waals surface area (Å²) in [5, 5.41) is -1.63. The van der Waals surface area contributed by atoms with E-state index >= 15 is 0 Å². The highest BCUT2D eigenvalue weighted by atomic mass is 32.2. The summed E-state index contributed by atoms with van der Waals surface area (Å²) in [7, 11) is -4.80. The van der Waals surface area contributed by atoms with Gasteiger partial charge in [-0.2, -0.15) is 8.42 Å². The SMILES string of the molecule is O=C(OCc1cccc2c1Cc1ccccc1-2)S(=O)(=O)O. The smallest absolute Gasteiger partial charge is 0.448 e. The third-order valence-electron chi connectivity index (χ3n) is 3.50. The average Bonchev–Trinajstić information content (AvgIpc) is 2.83. The van der Waals surface area contributed by atoms with Gasteiger partial charge >= 0.3 is 15.4 Å². The topological polar surface area (TPSA) is 80.7 Å². The highest BCUT2D eigenvalue weighted by Gasteiger charge is 2.23. The molecule has 0 aliphatic heterocycles. The first-order valence-electron chi connectivity index (χ1n) is 6.30. The highest BCUT2D eigenvalue weighted by Crippen LogP contribution is 2.38. The Kier molecular flexibility index (Phi) is 3.27. The molecule has 108 valence electrons. The summed E-state index contributed by atoms with van der Waals surface area (Å²) in [5.74, 6) is 0. The van der Waals surface area contributed by atoms with E-state index in [1.54, 1.807) is 6.07 Å². The van der Waals surface area contributed by atoms with Gasteiger partial charge < -0.3 is 4.74 Å². The van der Waals surface area contributed by atoms with Crippen molar-refractivity contribution >= 4 is 15.4 Å². The number of carbonyl (C=O) groups excluding carboxylic acids is 1. The second-order valence-corrected chi connectivity index (χ2v) is 6.07. The molecule has 1 aliphatic rings. The molecular weight excluding hydrogens is 292 g/mol. The predicted molar refractivity (Wildman–Crippen MR) is 76.4 cm³/mol. The summed E-state index contributed by atoms with van der Waals surface area (Å²) in [6, 6.07) is 13.6. The second-order valence-electron chi connectivity index (χ2n) is 4.79. The zero-order chi connectivity index (χ0) is 15.0. The maximum Gasteiger partial charge on any atom is 0.452 e. The molecule has 0 bridgehead atoms. The van der Waals surface area contributed by atoms with Crippen molar-refractivity contribution in [1.29, 1.82) is 0 Å². The Balaban J connectivity index is 1.89. The maximum atomic E-state index is 11.1. The van der Waals surface area contributed by atoms with Crippen molar-refractivity contribution in [2.75, 3.05) is 0 Å². The van der Waals surface area contributed by atoms with Gasteiger partial charge in [0, 0.05) is 0 Å². The lowest BCUT2D eigenvalue weighted by Crippen LogP contribution is -2.15. The lowest BCUT2D eigenvalue weighted by atomic mass is 10.0. The third kappa shape index (κ3) is 2.55. The summed E-state index contributed by atoms with van der Waals surface area (Å²) in [5.41, 5.74) is 5.13. The fourth-order valence-electron chi connectivity index (χ4n) is 2.57. The van der Waals surface area contributed by atoms with Gasteiger partial charge in [0.1, 0.15) is 6.61 Å². The largest absolute Gasteiger partial charge is 0.452 e. The van der Waals surface area contributed by atoms with Crippen LogP contribution in [0.15, 0.2) is 42.5 Å². The van der Waals surface area contributed by atoms with E-state index in [0.29, 0.717) is 6.42 Å². The average molecular weight is 304 g/mol. The summed E-state index contributed by atoms with van der Waals surface area (Å²) in [4.78, 5) is 11.1. The van der Waals surface area contributed by atoms with Crippen molar-refractivity contribution in [2.24, 2.45) is 0 Å². The molecule has 0 atom stereocenters. The van der Waals surface area contributed by atoms with Crippen LogP contribution in [0, 0.1) is 0 Å². The standard InChI is InChI=1S/C15H12O5S/c16-15(21(17,18)19)20-9-11-5-3-7-13-12-6-2-1-4-10(12)8-14(11)13/h1-7H,8-9H2,(H,17,18,19). The van der Waals surface area contributed by atoms with Crippen molar-refractivity contribution in [2.45, 2.75) is 13.0 Å². The van der Waals surface area contributed by atoms with Gasteiger partial charge in [0.05, 0.1) is 0 Å². The number of hydrogen-bond donors (Lipinski definition) is 1. The molecule has 0 saturated heterocycles. The molecular formula is C15H12O5S. The van der Waals surface area contributed by atoms with Crippen LogP contribution in [-0.2, 0) is 27.9 Å². The van der Waals surface area contributed by atoms with E-state index in [2.05, 4.69) is 4.74 Å². The van der Waals surface area contributed by atoms with E-state index < -0.39 is 15.4 Å². The van der Waals surface area contributed by atoms with E-state index in [4.69, 9.17) is 4.55 Å². The predicted octanol–water partition coefficient (Wildman–Crippen LogP) is 2.78. The molecule has 6 heteroatoms. The molecule has 2 aromatic carbocycles. The molecule has 1 aliphatic carbocycles. The minimum atomic E-state index is -4.80. The van der Waals surface area contributed by atoms with Crippen LogP contribution < -0.4 is 0 Å². The monoisotopic (exact) mass is 304 g/mol. The van der Waals surface area contributed by atoms with Gasteiger partial charge in [0.25, 0.3) is 0 Å². The molecule has 5 nitrogen and oxygen atoms in total. The quantitative estimate of drug-likeness (QED) is 0.581. The molecule has 0 radical (unpaired) electrons. The number of rotatable bonds is 2. The van der Waals surface area contributed by atoms with Gasteiger partial charge in [-0.1, -0.05) is 42.5 Å². The van der Waals surface area contributed by atoms with Crippen molar-refractivity contribution in [1.82, 2.24) is 0 Å². The van der Waals surface area contributed by atoms with Crippen molar-refractivity contribution in [3.05, 3.63) is 59.2 Å². The summed E-state index contributed by atoms with van der Waals surface area (Å²) in [6.45, 7) is -0.185. The molecule has 0 unspecified atom stereocenters. The Bertz CT molecular complexity index is 824. The fourth-order valence-corrected chi connectivity index (χ4v) is 2.78. The summed E-state index contributed by atoms with van der Waals surface area (Å²) in [6.07, 6.45) is 0.713. The fraction of sp³-hybridized carbons (Fsp3) is 0.133. The molecule has 1 N–H and O–H groups in total. The van der Waals surface area contributed by atoms with Gasteiger partial charge in [-0.25, -0.2) is 4.79 Å². The van der Waals surface area contributed by atoms with Crippen LogP contribution in [0.3, 0.4) is 0 Å². The van der Waals surface area contributed by atoms with Crippen molar-refractivity contribution < 1.29 is 22.5 Å². The molecule has 0 amide bonds. The van der Waals surface area contributed by atoms with Gasteiger partial charge in [-0.15, -0.1) is 0 Å². The number of ether oxygens (including phenoxy) is 1. The van der Waals surface area contributed by atoms with Crippen LogP contribution >= 0.6 is 0 Å². The first kappa shape index (κ1) is 13.8. The first-order chi connectivity index (χ1) is 9.97. The van der Waals surface area contributed by atoms with Gasteiger partial charge in [-0.05, 0) is 34.2 Å². The molecule has 0 spiro atoms. The van der Waals surface area contributed by atoms with E-state index in [1.807, 2.05) is 36.4 Å². The second kappa shape index (κ2) is 4.98. The molecule has 3 rings (SSSR count). The van der Waals surface area contributed by atoms with Crippen molar-refractivity contribution in [3.8, 4) is 11.1 Å². The Hall–Kier alpha value is -2.18. The van der Waals surface area contributed by atoms with E-state index in [-0.39, 0.29) is 6.61 Å². The van der Waals surface area contributed by atoms with Crippen LogP contribution in [-0.4, -0.2) is 18.3 Å². The van der Waals surface area contributed by atoms with Gasteiger partial charge in [0.2, 0.25) is 0 Å². The number of benzene rings is 2. The van der Waals surface area contributed by atoms with Crippen LogP contribution in [0.25, 0.3) is 11.1 Å². The van der Waals surface area contributed by atoms with E-state index in [9.17, 15) is 13.2 Å². The molecule has 0 heterocycles. The molecule has 0 saturated carbocycles. The Labute approximate surface area is 121 Å². The molecule has 21 heavy (non-hydrogen) atoms. The summed E-state index contributed by atoms with van der Waals surface area (Å²) >= 11 is 0. The minimum absolute atomic E-state index is 0.185. The molecule has 2 aromatic rings. The van der Waals surface area contributed by atoms with Crippen LogP contribution in [0.4, 0.5) is 4.79 Å². The third-order valence-corrected chi connectivity index (χ3v) is 4.04. The minimum Gasteiger partial charge on any atom is -0.448 e. The van der Waals surface area contributed by atoms with Crippen LogP contribution in [0.2, 0.25) is 0 Å². The molecule has 0 aromatic heterocycles. The summed E-state index contributed by atoms with van der Waals surface area (Å²) < 4.78 is 34.5. The zero-order valence-electron chi connectivity index (χ0n) is 10.9. The normalized spacial score (nSPS) is 12.6. The van der Waals surface area contributed by atoms with Gasteiger partial charge in [0.15, 0.2) is 0 Å². The Morgan fingerprint density at radius 2 is 1.81 bits per heavy atom. The first-order valence-corrected chi connectivity index (χ1v) is 7.74. The van der Waals surface area contributed by atoms with Crippen LogP contribution in [0.5, 0.6) is 0 Å². The number of fused-ring (bicyclic) bond motifs is 3. The van der Waals surface area contributed by atoms with Gasteiger partial charge in [-0.3, -0.25) is 4.55 Å². The highest BCUT2D eigenvalue weighted by molar-refractivity contribution is 8.00. The molecule has 0 fully saturated rings. The van der Waals surface area contributed by atoms with Crippen LogP contribution in [0.1, 0.15) is 16.7 Å². The van der Waals surface area contributed by atoms with E-state index in [0.717, 1.165) is 22.3 Å². The lowest BCUT2D eigenvalue weighted by molar-refractivity contribution is 0.162. The lowest BCUT2D eigenvalue weighted by Gasteiger charge is -2.08. The van der Waals surface area contributed by atoms with Crippen molar-refractivity contribution in [3.63, 3.8) is 0 Å². The Morgan fingerprint density at radius 3 is 2.57 bits per heavy atom. The number of hydrogen-bond acceptors (Lipinski definition) is 4. The Morgan fingerprint density at radius 1 is 1.10 bits per heavy atom.